The highest BCUT2D eigenvalue weighted by atomic mass is 16.5. The molecule has 0 bridgehead atoms. The minimum Gasteiger partial charge on any atom is -0.380 e. The zero-order valence-electron chi connectivity index (χ0n) is 8.31. The summed E-state index contributed by atoms with van der Waals surface area (Å²) in [5, 5.41) is 3.39. The van der Waals surface area contributed by atoms with Gasteiger partial charge in [-0.25, -0.2) is 0 Å². The van der Waals surface area contributed by atoms with Crippen molar-refractivity contribution in [2.24, 2.45) is 5.92 Å². The Morgan fingerprint density at radius 1 is 1.50 bits per heavy atom. The normalized spacial score (nSPS) is 19.5. The Labute approximate surface area is 75.7 Å². The van der Waals surface area contributed by atoms with Crippen molar-refractivity contribution in [2.45, 2.75) is 38.7 Å². The van der Waals surface area contributed by atoms with Gasteiger partial charge in [0.1, 0.15) is 0 Å². The van der Waals surface area contributed by atoms with Gasteiger partial charge in [0.25, 0.3) is 0 Å². The zero-order valence-corrected chi connectivity index (χ0v) is 8.31. The van der Waals surface area contributed by atoms with Gasteiger partial charge >= 0.3 is 0 Å². The number of rotatable bonds is 7. The van der Waals surface area contributed by atoms with Crippen molar-refractivity contribution in [1.82, 2.24) is 5.32 Å². The van der Waals surface area contributed by atoms with Gasteiger partial charge in [0.2, 0.25) is 0 Å². The Hall–Kier alpha value is -0.0800. The smallest absolute Gasteiger partial charge is 0.0667 e. The molecule has 0 aliphatic heterocycles. The fourth-order valence-electron chi connectivity index (χ4n) is 1.31. The summed E-state index contributed by atoms with van der Waals surface area (Å²) in [6, 6.07) is 0. The fourth-order valence-corrected chi connectivity index (χ4v) is 1.31. The van der Waals surface area contributed by atoms with Gasteiger partial charge in [0, 0.05) is 13.7 Å². The molecule has 1 N–H and O–H groups in total. The van der Waals surface area contributed by atoms with Crippen LogP contribution in [0.4, 0.5) is 0 Å². The first kappa shape index (κ1) is 10.0. The van der Waals surface area contributed by atoms with Crippen molar-refractivity contribution >= 4 is 0 Å². The van der Waals surface area contributed by atoms with Crippen LogP contribution in [0, 0.1) is 5.92 Å². The largest absolute Gasteiger partial charge is 0.380 e. The zero-order chi connectivity index (χ0) is 8.81. The van der Waals surface area contributed by atoms with Gasteiger partial charge in [-0.05, 0) is 32.2 Å². The van der Waals surface area contributed by atoms with Gasteiger partial charge < -0.3 is 10.1 Å². The number of nitrogens with one attached hydrogen (secondary N) is 1. The van der Waals surface area contributed by atoms with Crippen molar-refractivity contribution in [3.05, 3.63) is 0 Å². The van der Waals surface area contributed by atoms with Crippen LogP contribution in [-0.4, -0.2) is 26.3 Å². The predicted octanol–water partition coefficient (Wildman–Crippen LogP) is 1.80. The van der Waals surface area contributed by atoms with E-state index in [-0.39, 0.29) is 0 Å². The van der Waals surface area contributed by atoms with Crippen molar-refractivity contribution in [3.8, 4) is 0 Å². The Balaban J connectivity index is 1.75. The number of hydrogen-bond acceptors (Lipinski definition) is 2. The number of methoxy groups -OCH3 is 1. The molecule has 0 radical (unpaired) electrons. The average molecular weight is 171 g/mol. The Morgan fingerprint density at radius 2 is 2.25 bits per heavy atom. The van der Waals surface area contributed by atoms with Gasteiger partial charge in [0.15, 0.2) is 0 Å². The molecular formula is C10H21NO. The first-order chi connectivity index (χ1) is 5.83. The molecule has 2 heteroatoms. The lowest BCUT2D eigenvalue weighted by molar-refractivity contribution is 0.117. The third-order valence-electron chi connectivity index (χ3n) is 2.50. The van der Waals surface area contributed by atoms with Crippen molar-refractivity contribution in [3.63, 3.8) is 0 Å². The monoisotopic (exact) mass is 171 g/mol. The van der Waals surface area contributed by atoms with Crippen LogP contribution < -0.4 is 5.32 Å². The summed E-state index contributed by atoms with van der Waals surface area (Å²) >= 11 is 0. The molecule has 0 amide bonds. The summed E-state index contributed by atoms with van der Waals surface area (Å²) in [6.07, 6.45) is 6.07. The van der Waals surface area contributed by atoms with Crippen LogP contribution >= 0.6 is 0 Å². The van der Waals surface area contributed by atoms with E-state index in [9.17, 15) is 0 Å². The number of ether oxygens (including phenoxy) is 1. The van der Waals surface area contributed by atoms with E-state index < -0.39 is 0 Å². The first-order valence-electron chi connectivity index (χ1n) is 5.06. The Bertz CT molecular complexity index is 112. The molecule has 0 aromatic heterocycles. The van der Waals surface area contributed by atoms with Crippen LogP contribution in [0.15, 0.2) is 0 Å². The highest BCUT2D eigenvalue weighted by Gasteiger charge is 2.19. The predicted molar refractivity (Wildman–Crippen MR) is 51.3 cm³/mol. The molecule has 1 aliphatic carbocycles. The molecule has 72 valence electrons. The lowest BCUT2D eigenvalue weighted by atomic mass is 10.2. The van der Waals surface area contributed by atoms with Crippen molar-refractivity contribution in [2.75, 3.05) is 20.2 Å². The second-order valence-electron chi connectivity index (χ2n) is 3.84. The summed E-state index contributed by atoms with van der Waals surface area (Å²) in [5.41, 5.74) is 0. The van der Waals surface area contributed by atoms with Crippen molar-refractivity contribution in [1.29, 1.82) is 0 Å². The molecule has 1 aliphatic rings. The second kappa shape index (κ2) is 5.55. The van der Waals surface area contributed by atoms with Gasteiger partial charge in [-0.15, -0.1) is 0 Å². The first-order valence-corrected chi connectivity index (χ1v) is 5.06. The average Bonchev–Trinajstić information content (AvgIpc) is 2.87. The van der Waals surface area contributed by atoms with Gasteiger partial charge in [-0.2, -0.15) is 0 Å². The maximum absolute atomic E-state index is 5.13. The summed E-state index contributed by atoms with van der Waals surface area (Å²) in [7, 11) is 1.76. The molecule has 0 heterocycles. The van der Waals surface area contributed by atoms with E-state index in [4.69, 9.17) is 4.74 Å². The van der Waals surface area contributed by atoms with E-state index in [2.05, 4.69) is 12.2 Å². The highest BCUT2D eigenvalue weighted by molar-refractivity contribution is 4.73. The van der Waals surface area contributed by atoms with Gasteiger partial charge in [0.05, 0.1) is 6.10 Å². The van der Waals surface area contributed by atoms with Crippen LogP contribution in [-0.2, 0) is 4.74 Å². The lowest BCUT2D eigenvalue weighted by Gasteiger charge is -2.09. The molecule has 2 nitrogen and oxygen atoms in total. The minimum atomic E-state index is 0.353. The van der Waals surface area contributed by atoms with Gasteiger partial charge in [-0.3, -0.25) is 0 Å². The second-order valence-corrected chi connectivity index (χ2v) is 3.84. The lowest BCUT2D eigenvalue weighted by Crippen LogP contribution is -2.26. The SMILES string of the molecule is COC(C)CNCCCC1CC1. The van der Waals surface area contributed by atoms with E-state index in [0.29, 0.717) is 6.10 Å². The Kier molecular flexibility index (Phi) is 4.62. The third kappa shape index (κ3) is 4.73. The summed E-state index contributed by atoms with van der Waals surface area (Å²) in [5.74, 6) is 1.08. The highest BCUT2D eigenvalue weighted by Crippen LogP contribution is 2.33. The fraction of sp³-hybridized carbons (Fsp3) is 1.00. The maximum Gasteiger partial charge on any atom is 0.0667 e. The Morgan fingerprint density at radius 3 is 2.83 bits per heavy atom. The maximum atomic E-state index is 5.13. The summed E-state index contributed by atoms with van der Waals surface area (Å²) in [6.45, 7) is 4.24. The van der Waals surface area contributed by atoms with E-state index in [1.165, 1.54) is 25.7 Å². The third-order valence-corrected chi connectivity index (χ3v) is 2.50. The molecule has 1 rings (SSSR count). The summed E-state index contributed by atoms with van der Waals surface area (Å²) in [4.78, 5) is 0. The van der Waals surface area contributed by atoms with E-state index >= 15 is 0 Å². The molecular weight excluding hydrogens is 150 g/mol. The quantitative estimate of drug-likeness (QED) is 0.590. The standard InChI is InChI=1S/C10H21NO/c1-9(12-2)8-11-7-3-4-10-5-6-10/h9-11H,3-8H2,1-2H3. The van der Waals surface area contributed by atoms with E-state index in [1.807, 2.05) is 0 Å². The van der Waals surface area contributed by atoms with Crippen LogP contribution in [0.25, 0.3) is 0 Å². The van der Waals surface area contributed by atoms with E-state index in [0.717, 1.165) is 19.0 Å². The van der Waals surface area contributed by atoms with Crippen LogP contribution in [0.5, 0.6) is 0 Å². The molecule has 0 aromatic rings. The molecule has 12 heavy (non-hydrogen) atoms. The molecule has 1 saturated carbocycles. The van der Waals surface area contributed by atoms with Crippen LogP contribution in [0.1, 0.15) is 32.6 Å². The van der Waals surface area contributed by atoms with Crippen LogP contribution in [0.2, 0.25) is 0 Å². The molecule has 0 saturated heterocycles. The molecule has 1 fully saturated rings. The number of hydrogen-bond donors (Lipinski definition) is 1. The van der Waals surface area contributed by atoms with Crippen molar-refractivity contribution < 1.29 is 4.74 Å². The van der Waals surface area contributed by atoms with Gasteiger partial charge in [-0.1, -0.05) is 12.8 Å². The van der Waals surface area contributed by atoms with E-state index in [1.54, 1.807) is 7.11 Å². The van der Waals surface area contributed by atoms with Crippen LogP contribution in [0.3, 0.4) is 0 Å². The molecule has 0 spiro atoms. The molecule has 0 aromatic carbocycles. The molecule has 1 atom stereocenters. The summed E-state index contributed by atoms with van der Waals surface area (Å²) < 4.78 is 5.13. The minimum absolute atomic E-state index is 0.353. The topological polar surface area (TPSA) is 21.3 Å². The molecule has 1 unspecified atom stereocenters.